The Balaban J connectivity index is 1.89. The normalized spacial score (nSPS) is 40.6. The van der Waals surface area contributed by atoms with Crippen molar-refractivity contribution in [2.24, 2.45) is 17.6 Å². The second-order valence-corrected chi connectivity index (χ2v) is 4.57. The molecule has 0 spiro atoms. The van der Waals surface area contributed by atoms with Crippen molar-refractivity contribution in [3.8, 4) is 0 Å². The number of carbonyl (C=O) groups is 3. The van der Waals surface area contributed by atoms with Crippen LogP contribution in [0.2, 0.25) is 0 Å². The van der Waals surface area contributed by atoms with Crippen molar-refractivity contribution in [2.75, 3.05) is 6.54 Å². The van der Waals surface area contributed by atoms with Gasteiger partial charge in [-0.05, 0) is 12.8 Å². The number of ether oxygens (including phenoxy) is 1. The van der Waals surface area contributed by atoms with Gasteiger partial charge in [-0.1, -0.05) is 0 Å². The van der Waals surface area contributed by atoms with Crippen molar-refractivity contribution < 1.29 is 19.1 Å². The molecule has 3 fully saturated rings. The Morgan fingerprint density at radius 3 is 2.19 bits per heavy atom. The van der Waals surface area contributed by atoms with E-state index in [-0.39, 0.29) is 42.4 Å². The zero-order chi connectivity index (χ0) is 11.4. The lowest BCUT2D eigenvalue weighted by atomic mass is 9.81. The number of imide groups is 1. The third-order valence-corrected chi connectivity index (χ3v) is 3.69. The maximum atomic E-state index is 11.9. The van der Waals surface area contributed by atoms with Gasteiger partial charge in [0.1, 0.15) is 6.54 Å². The van der Waals surface area contributed by atoms with Gasteiger partial charge in [0.25, 0.3) is 0 Å². The van der Waals surface area contributed by atoms with Gasteiger partial charge in [0.15, 0.2) is 0 Å². The molecule has 3 heterocycles. The van der Waals surface area contributed by atoms with E-state index >= 15 is 0 Å². The van der Waals surface area contributed by atoms with Gasteiger partial charge in [-0.25, -0.2) is 0 Å². The first-order valence-corrected chi connectivity index (χ1v) is 5.38. The van der Waals surface area contributed by atoms with Crippen LogP contribution in [-0.4, -0.2) is 41.4 Å². The molecule has 3 aliphatic rings. The smallest absolute Gasteiger partial charge is 0.237 e. The van der Waals surface area contributed by atoms with E-state index in [2.05, 4.69) is 0 Å². The molecule has 0 saturated carbocycles. The van der Waals surface area contributed by atoms with Gasteiger partial charge >= 0.3 is 0 Å². The lowest BCUT2D eigenvalue weighted by Gasteiger charge is -2.15. The molecule has 3 aliphatic heterocycles. The maximum absolute atomic E-state index is 11.9. The number of likely N-dealkylation sites (tertiary alicyclic amines) is 1. The van der Waals surface area contributed by atoms with E-state index < -0.39 is 5.91 Å². The molecule has 3 rings (SSSR count). The predicted molar refractivity (Wildman–Crippen MR) is 50.8 cm³/mol. The Bertz CT molecular complexity index is 366. The highest BCUT2D eigenvalue weighted by molar-refractivity contribution is 6.08. The molecule has 2 N–H and O–H groups in total. The van der Waals surface area contributed by atoms with Crippen LogP contribution in [0.4, 0.5) is 0 Å². The van der Waals surface area contributed by atoms with E-state index in [0.29, 0.717) is 0 Å². The highest BCUT2D eigenvalue weighted by Crippen LogP contribution is 2.48. The standard InChI is InChI=1S/C10H12N2O4/c11-6(13)3-12-9(14)7-4-1-2-5(16-4)8(7)10(12)15/h4-5,7-8H,1-3H2,(H2,11,13)/t4-,5+,7-,8+. The number of nitrogens with two attached hydrogens (primary N) is 1. The van der Waals surface area contributed by atoms with Crippen molar-refractivity contribution in [1.29, 1.82) is 0 Å². The van der Waals surface area contributed by atoms with E-state index in [9.17, 15) is 14.4 Å². The van der Waals surface area contributed by atoms with E-state index in [1.165, 1.54) is 0 Å². The summed E-state index contributed by atoms with van der Waals surface area (Å²) in [4.78, 5) is 35.7. The zero-order valence-corrected chi connectivity index (χ0v) is 8.59. The van der Waals surface area contributed by atoms with Crippen LogP contribution >= 0.6 is 0 Å². The molecule has 2 bridgehead atoms. The van der Waals surface area contributed by atoms with Crippen molar-refractivity contribution in [1.82, 2.24) is 4.90 Å². The van der Waals surface area contributed by atoms with Gasteiger partial charge in [0, 0.05) is 0 Å². The van der Waals surface area contributed by atoms with Crippen molar-refractivity contribution in [3.63, 3.8) is 0 Å². The summed E-state index contributed by atoms with van der Waals surface area (Å²) in [5.74, 6) is -1.98. The number of nitrogens with zero attached hydrogens (tertiary/aromatic N) is 1. The lowest BCUT2D eigenvalue weighted by Crippen LogP contribution is -2.40. The molecule has 86 valence electrons. The number of hydrogen-bond donors (Lipinski definition) is 1. The monoisotopic (exact) mass is 224 g/mol. The first-order valence-electron chi connectivity index (χ1n) is 5.38. The minimum Gasteiger partial charge on any atom is -0.373 e. The number of primary amides is 1. The van der Waals surface area contributed by atoms with Gasteiger partial charge in [-0.3, -0.25) is 19.3 Å². The van der Waals surface area contributed by atoms with Gasteiger partial charge < -0.3 is 10.5 Å². The van der Waals surface area contributed by atoms with Gasteiger partial charge in [-0.15, -0.1) is 0 Å². The molecule has 0 aliphatic carbocycles. The highest BCUT2D eigenvalue weighted by Gasteiger charge is 2.62. The Morgan fingerprint density at radius 1 is 1.25 bits per heavy atom. The Morgan fingerprint density at radius 2 is 1.75 bits per heavy atom. The minimum atomic E-state index is -0.657. The molecule has 0 aromatic carbocycles. The molecule has 4 atom stereocenters. The second kappa shape index (κ2) is 3.04. The summed E-state index contributed by atoms with van der Waals surface area (Å²) in [7, 11) is 0. The van der Waals surface area contributed by atoms with Gasteiger partial charge in [-0.2, -0.15) is 0 Å². The molecule has 0 aromatic rings. The molecule has 16 heavy (non-hydrogen) atoms. The fourth-order valence-corrected chi connectivity index (χ4v) is 3.09. The van der Waals surface area contributed by atoms with E-state index in [1.54, 1.807) is 0 Å². The van der Waals surface area contributed by atoms with Crippen molar-refractivity contribution >= 4 is 17.7 Å². The maximum Gasteiger partial charge on any atom is 0.237 e. The molecule has 6 nitrogen and oxygen atoms in total. The van der Waals surface area contributed by atoms with Gasteiger partial charge in [0.05, 0.1) is 24.0 Å². The first-order chi connectivity index (χ1) is 7.59. The fraction of sp³-hybridized carbons (Fsp3) is 0.700. The van der Waals surface area contributed by atoms with E-state index in [4.69, 9.17) is 10.5 Å². The number of fused-ring (bicyclic) bond motifs is 5. The quantitative estimate of drug-likeness (QED) is 0.586. The molecule has 3 amide bonds. The van der Waals surface area contributed by atoms with Crippen LogP contribution in [0.3, 0.4) is 0 Å². The number of carbonyl (C=O) groups excluding carboxylic acids is 3. The van der Waals surface area contributed by atoms with Crippen LogP contribution in [0.15, 0.2) is 0 Å². The van der Waals surface area contributed by atoms with Crippen LogP contribution in [0.5, 0.6) is 0 Å². The summed E-state index contributed by atoms with van der Waals surface area (Å²) in [5.41, 5.74) is 5.02. The molecule has 0 aromatic heterocycles. The lowest BCUT2D eigenvalue weighted by molar-refractivity contribution is -0.145. The van der Waals surface area contributed by atoms with Crippen molar-refractivity contribution in [3.05, 3.63) is 0 Å². The number of hydrogen-bond acceptors (Lipinski definition) is 4. The zero-order valence-electron chi connectivity index (χ0n) is 8.59. The summed E-state index contributed by atoms with van der Waals surface area (Å²) in [5, 5.41) is 0. The third-order valence-electron chi connectivity index (χ3n) is 3.69. The average Bonchev–Trinajstić information content (AvgIpc) is 2.87. The molecule has 3 saturated heterocycles. The number of rotatable bonds is 2. The highest BCUT2D eigenvalue weighted by atomic mass is 16.5. The summed E-state index contributed by atoms with van der Waals surface area (Å²) in [6.07, 6.45) is 1.39. The van der Waals surface area contributed by atoms with Crippen LogP contribution in [0.1, 0.15) is 12.8 Å². The fourth-order valence-electron chi connectivity index (χ4n) is 3.09. The molecular formula is C10H12N2O4. The Hall–Kier alpha value is -1.43. The minimum absolute atomic E-state index is 0.135. The second-order valence-electron chi connectivity index (χ2n) is 4.57. The van der Waals surface area contributed by atoms with Crippen LogP contribution < -0.4 is 5.73 Å². The van der Waals surface area contributed by atoms with E-state index in [0.717, 1.165) is 17.7 Å². The van der Waals surface area contributed by atoms with E-state index in [1.807, 2.05) is 0 Å². The SMILES string of the molecule is NC(=O)CN1C(=O)[C@@H]2[C@H](C1=O)[C@H]1CC[C@@H]2O1. The van der Waals surface area contributed by atoms with Gasteiger partial charge in [0.2, 0.25) is 17.7 Å². The average molecular weight is 224 g/mol. The van der Waals surface area contributed by atoms with Crippen LogP contribution in [-0.2, 0) is 19.1 Å². The third kappa shape index (κ3) is 1.07. The molecule has 0 radical (unpaired) electrons. The Labute approximate surface area is 91.7 Å². The number of amides is 3. The summed E-state index contributed by atoms with van der Waals surface area (Å²) in [6.45, 7) is -0.301. The largest absolute Gasteiger partial charge is 0.373 e. The molecular weight excluding hydrogens is 212 g/mol. The predicted octanol–water partition coefficient (Wildman–Crippen LogP) is -1.37. The van der Waals surface area contributed by atoms with Crippen LogP contribution in [0.25, 0.3) is 0 Å². The summed E-state index contributed by atoms with van der Waals surface area (Å²) >= 11 is 0. The molecule has 0 unspecified atom stereocenters. The molecule has 6 heteroatoms. The topological polar surface area (TPSA) is 89.7 Å². The Kier molecular flexibility index (Phi) is 1.85. The van der Waals surface area contributed by atoms with Crippen molar-refractivity contribution in [2.45, 2.75) is 25.0 Å². The van der Waals surface area contributed by atoms with Crippen LogP contribution in [0, 0.1) is 11.8 Å². The summed E-state index contributed by atoms with van der Waals surface area (Å²) in [6, 6.07) is 0. The first kappa shape index (κ1) is 9.77. The summed E-state index contributed by atoms with van der Waals surface area (Å²) < 4.78 is 5.55.